The van der Waals surface area contributed by atoms with Crippen molar-refractivity contribution in [3.63, 3.8) is 0 Å². The van der Waals surface area contributed by atoms with Crippen molar-refractivity contribution < 1.29 is 9.53 Å². The maximum absolute atomic E-state index is 11.4. The van der Waals surface area contributed by atoms with E-state index >= 15 is 0 Å². The van der Waals surface area contributed by atoms with Gasteiger partial charge in [-0.05, 0) is 25.7 Å². The van der Waals surface area contributed by atoms with Gasteiger partial charge in [0.15, 0.2) is 0 Å². The van der Waals surface area contributed by atoms with E-state index in [1.54, 1.807) is 0 Å². The molecule has 1 amide bonds. The monoisotopic (exact) mass is 292 g/mol. The molecule has 0 saturated carbocycles. The molecular weight excluding hydrogens is 272 g/mol. The number of amides is 1. The van der Waals surface area contributed by atoms with E-state index in [9.17, 15) is 4.79 Å². The third kappa shape index (κ3) is 2.98. The topological polar surface area (TPSA) is 106 Å². The number of nitrogens with one attached hydrogen (secondary N) is 1. The highest BCUT2D eigenvalue weighted by molar-refractivity contribution is 5.77. The van der Waals surface area contributed by atoms with E-state index in [0.29, 0.717) is 24.9 Å². The Balaban J connectivity index is 1.74. The van der Waals surface area contributed by atoms with Crippen LogP contribution in [0.4, 0.5) is 11.9 Å². The quantitative estimate of drug-likeness (QED) is 0.805. The maximum atomic E-state index is 11.4. The van der Waals surface area contributed by atoms with Gasteiger partial charge in [0.1, 0.15) is 0 Å². The number of anilines is 2. The molecule has 2 aliphatic heterocycles. The van der Waals surface area contributed by atoms with E-state index in [0.717, 1.165) is 25.9 Å². The lowest BCUT2D eigenvalue weighted by molar-refractivity contribution is -0.124. The molecule has 3 N–H and O–H groups in total. The predicted molar refractivity (Wildman–Crippen MR) is 76.9 cm³/mol. The van der Waals surface area contributed by atoms with E-state index < -0.39 is 0 Å². The van der Waals surface area contributed by atoms with E-state index in [-0.39, 0.29) is 23.9 Å². The number of piperidine rings is 2. The summed E-state index contributed by atoms with van der Waals surface area (Å²) >= 11 is 0. The Kier molecular flexibility index (Phi) is 3.76. The van der Waals surface area contributed by atoms with Crippen LogP contribution in [0, 0.1) is 5.92 Å². The Morgan fingerprint density at radius 3 is 3.05 bits per heavy atom. The Labute approximate surface area is 123 Å². The fourth-order valence-corrected chi connectivity index (χ4v) is 2.99. The number of rotatable bonds is 3. The third-order valence-electron chi connectivity index (χ3n) is 4.00. The van der Waals surface area contributed by atoms with Crippen LogP contribution in [0.15, 0.2) is 0 Å². The van der Waals surface area contributed by atoms with Gasteiger partial charge in [-0.3, -0.25) is 4.79 Å². The predicted octanol–water partition coefficient (Wildman–Crippen LogP) is -0.0426. The van der Waals surface area contributed by atoms with E-state index in [4.69, 9.17) is 10.5 Å². The summed E-state index contributed by atoms with van der Waals surface area (Å²) in [7, 11) is 0. The first-order valence-electron chi connectivity index (χ1n) is 7.34. The van der Waals surface area contributed by atoms with Crippen LogP contribution in [0.3, 0.4) is 0 Å². The molecule has 0 bridgehead atoms. The molecule has 8 nitrogen and oxygen atoms in total. The van der Waals surface area contributed by atoms with Crippen LogP contribution in [-0.2, 0) is 4.79 Å². The molecule has 0 radical (unpaired) electrons. The summed E-state index contributed by atoms with van der Waals surface area (Å²) in [6, 6.07) is 0.534. The van der Waals surface area contributed by atoms with Crippen molar-refractivity contribution in [1.29, 1.82) is 0 Å². The molecule has 2 aliphatic rings. The number of ether oxygens (including phenoxy) is 1. The highest BCUT2D eigenvalue weighted by atomic mass is 16.5. The number of nitrogens with two attached hydrogens (primary N) is 1. The smallest absolute Gasteiger partial charge is 0.323 e. The second-order valence-corrected chi connectivity index (χ2v) is 5.42. The van der Waals surface area contributed by atoms with Crippen molar-refractivity contribution in [2.45, 2.75) is 32.2 Å². The van der Waals surface area contributed by atoms with Crippen molar-refractivity contribution in [3.8, 4) is 6.01 Å². The molecule has 2 saturated heterocycles. The van der Waals surface area contributed by atoms with Crippen LogP contribution in [0.2, 0.25) is 0 Å². The van der Waals surface area contributed by atoms with Crippen molar-refractivity contribution >= 4 is 17.8 Å². The van der Waals surface area contributed by atoms with Gasteiger partial charge in [0.05, 0.1) is 6.61 Å². The second-order valence-electron chi connectivity index (χ2n) is 5.42. The minimum Gasteiger partial charge on any atom is -0.464 e. The standard InChI is InChI=1S/C13H20N6O2/c1-2-21-13-17-11(14)16-12(18-13)19-6-5-9-8(7-19)3-4-10(20)15-9/h8-9H,2-7H2,1H3,(H,15,20)(H2,14,16,17,18). The molecule has 2 atom stereocenters. The van der Waals surface area contributed by atoms with Crippen LogP contribution in [-0.4, -0.2) is 46.6 Å². The van der Waals surface area contributed by atoms with Gasteiger partial charge in [-0.15, -0.1) is 0 Å². The first-order chi connectivity index (χ1) is 10.2. The fourth-order valence-electron chi connectivity index (χ4n) is 2.99. The number of carbonyl (C=O) groups is 1. The van der Waals surface area contributed by atoms with Crippen LogP contribution in [0.25, 0.3) is 0 Å². The summed E-state index contributed by atoms with van der Waals surface area (Å²) in [6.45, 7) is 3.96. The highest BCUT2D eigenvalue weighted by Gasteiger charge is 2.34. The number of nitrogen functional groups attached to an aromatic ring is 1. The molecule has 114 valence electrons. The number of hydrogen-bond acceptors (Lipinski definition) is 7. The van der Waals surface area contributed by atoms with Crippen molar-refractivity contribution in [2.24, 2.45) is 5.92 Å². The molecule has 2 fully saturated rings. The van der Waals surface area contributed by atoms with E-state index in [1.807, 2.05) is 6.92 Å². The molecule has 21 heavy (non-hydrogen) atoms. The Hall–Kier alpha value is -2.12. The van der Waals surface area contributed by atoms with Gasteiger partial charge in [-0.2, -0.15) is 15.0 Å². The van der Waals surface area contributed by atoms with Gasteiger partial charge in [0.2, 0.25) is 17.8 Å². The van der Waals surface area contributed by atoms with Crippen molar-refractivity contribution in [3.05, 3.63) is 0 Å². The molecule has 3 rings (SSSR count). The van der Waals surface area contributed by atoms with Gasteiger partial charge in [0, 0.05) is 25.6 Å². The van der Waals surface area contributed by atoms with Gasteiger partial charge in [-0.25, -0.2) is 0 Å². The number of hydrogen-bond donors (Lipinski definition) is 2. The number of fused-ring (bicyclic) bond motifs is 1. The lowest BCUT2D eigenvalue weighted by Gasteiger charge is -2.41. The normalized spacial score (nSPS) is 25.2. The molecule has 1 aromatic heterocycles. The van der Waals surface area contributed by atoms with Crippen LogP contribution >= 0.6 is 0 Å². The zero-order chi connectivity index (χ0) is 14.8. The molecular formula is C13H20N6O2. The zero-order valence-electron chi connectivity index (χ0n) is 12.1. The maximum Gasteiger partial charge on any atom is 0.323 e. The Bertz CT molecular complexity index is 537. The van der Waals surface area contributed by atoms with Gasteiger partial charge in [-0.1, -0.05) is 0 Å². The zero-order valence-corrected chi connectivity index (χ0v) is 12.1. The van der Waals surface area contributed by atoms with Crippen LogP contribution in [0.5, 0.6) is 6.01 Å². The average Bonchev–Trinajstić information content (AvgIpc) is 2.46. The molecule has 2 unspecified atom stereocenters. The molecule has 1 aromatic rings. The van der Waals surface area contributed by atoms with E-state index in [1.165, 1.54) is 0 Å². The first kappa shape index (κ1) is 13.8. The van der Waals surface area contributed by atoms with Crippen LogP contribution < -0.4 is 20.7 Å². The highest BCUT2D eigenvalue weighted by Crippen LogP contribution is 2.27. The van der Waals surface area contributed by atoms with Crippen LogP contribution in [0.1, 0.15) is 26.2 Å². The molecule has 8 heteroatoms. The molecule has 0 aromatic carbocycles. The van der Waals surface area contributed by atoms with Crippen molar-refractivity contribution in [1.82, 2.24) is 20.3 Å². The number of nitrogens with zero attached hydrogens (tertiary/aromatic N) is 4. The summed E-state index contributed by atoms with van der Waals surface area (Å²) in [4.78, 5) is 26.0. The molecule has 0 spiro atoms. The molecule has 3 heterocycles. The Morgan fingerprint density at radius 1 is 1.38 bits per heavy atom. The summed E-state index contributed by atoms with van der Waals surface area (Å²) in [5, 5.41) is 3.07. The average molecular weight is 292 g/mol. The summed E-state index contributed by atoms with van der Waals surface area (Å²) in [5.74, 6) is 1.32. The molecule has 0 aliphatic carbocycles. The van der Waals surface area contributed by atoms with Gasteiger partial charge >= 0.3 is 6.01 Å². The summed E-state index contributed by atoms with van der Waals surface area (Å²) < 4.78 is 5.31. The minimum absolute atomic E-state index is 0.160. The third-order valence-corrected chi connectivity index (χ3v) is 4.00. The van der Waals surface area contributed by atoms with Crippen molar-refractivity contribution in [2.75, 3.05) is 30.3 Å². The lowest BCUT2D eigenvalue weighted by atomic mass is 9.85. The second kappa shape index (κ2) is 5.71. The lowest BCUT2D eigenvalue weighted by Crippen LogP contribution is -2.54. The number of carbonyl (C=O) groups excluding carboxylic acids is 1. The first-order valence-corrected chi connectivity index (χ1v) is 7.34. The Morgan fingerprint density at radius 2 is 2.24 bits per heavy atom. The van der Waals surface area contributed by atoms with E-state index in [2.05, 4.69) is 25.2 Å². The SMILES string of the molecule is CCOc1nc(N)nc(N2CCC3NC(=O)CCC3C2)n1. The van der Waals surface area contributed by atoms with Gasteiger partial charge < -0.3 is 20.7 Å². The van der Waals surface area contributed by atoms with Gasteiger partial charge in [0.25, 0.3) is 0 Å². The largest absolute Gasteiger partial charge is 0.464 e. The minimum atomic E-state index is 0.160. The summed E-state index contributed by atoms with van der Waals surface area (Å²) in [6.07, 6.45) is 2.40. The fraction of sp³-hybridized carbons (Fsp3) is 0.692. The summed E-state index contributed by atoms with van der Waals surface area (Å²) in [5.41, 5.74) is 5.72. The number of aromatic nitrogens is 3.